The third kappa shape index (κ3) is 8.63. The van der Waals surface area contributed by atoms with E-state index < -0.39 is 6.10 Å². The Morgan fingerprint density at radius 2 is 1.14 bits per heavy atom. The number of aliphatic hydroxyl groups is 1. The number of aromatic nitrogens is 1. The number of ether oxygens (including phenoxy) is 1. The number of rotatable bonds is 8. The summed E-state index contributed by atoms with van der Waals surface area (Å²) in [5, 5.41) is 11.1. The summed E-state index contributed by atoms with van der Waals surface area (Å²) in [4.78, 5) is 3.95. The van der Waals surface area contributed by atoms with E-state index in [0.29, 0.717) is 34.4 Å². The molecule has 1 atom stereocenters. The first-order valence-electron chi connectivity index (χ1n) is 14.0. The molecule has 5 heteroatoms. The Labute approximate surface area is 263 Å². The van der Waals surface area contributed by atoms with E-state index in [1.807, 2.05) is 12.1 Å². The van der Waals surface area contributed by atoms with Gasteiger partial charge in [-0.1, -0.05) is 132 Å². The van der Waals surface area contributed by atoms with Crippen LogP contribution >= 0.6 is 23.2 Å². The largest absolute Gasteiger partial charge is 0.384 e. The maximum atomic E-state index is 10.1. The van der Waals surface area contributed by atoms with E-state index in [2.05, 4.69) is 102 Å². The quantitative estimate of drug-likeness (QED) is 0.188. The fourth-order valence-electron chi connectivity index (χ4n) is 4.67. The lowest BCUT2D eigenvalue weighted by molar-refractivity contribution is 0.107. The molecule has 43 heavy (non-hydrogen) atoms. The second-order valence-electron chi connectivity index (χ2n) is 9.98. The van der Waals surface area contributed by atoms with Crippen molar-refractivity contribution in [2.24, 2.45) is 0 Å². The monoisotopic (exact) mass is 603 g/mol. The molecule has 0 saturated heterocycles. The molecule has 1 unspecified atom stereocenters. The van der Waals surface area contributed by atoms with Gasteiger partial charge in [-0.25, -0.2) is 0 Å². The van der Waals surface area contributed by atoms with Crippen LogP contribution in [0.25, 0.3) is 22.3 Å². The average molecular weight is 605 g/mol. The topological polar surface area (TPSA) is 42.4 Å². The molecule has 0 aliphatic rings. The molecule has 0 amide bonds. The lowest BCUT2D eigenvalue weighted by atomic mass is 10.0. The van der Waals surface area contributed by atoms with Gasteiger partial charge in [-0.05, 0) is 63.7 Å². The number of aliphatic hydroxyl groups excluding tert-OH is 1. The molecule has 0 aliphatic carbocycles. The molecule has 6 aromatic rings. The number of hydrogen-bond donors (Lipinski definition) is 1. The Balaban J connectivity index is 0.000000196. The molecule has 1 aromatic heterocycles. The smallest absolute Gasteiger partial charge is 0.107 e. The van der Waals surface area contributed by atoms with E-state index in [1.165, 1.54) is 33.4 Å². The van der Waals surface area contributed by atoms with E-state index in [9.17, 15) is 5.11 Å². The molecular formula is C38H31Cl2NO2. The van der Waals surface area contributed by atoms with Crippen LogP contribution in [0.15, 0.2) is 152 Å². The van der Waals surface area contributed by atoms with Crippen molar-refractivity contribution in [1.82, 2.24) is 4.98 Å². The van der Waals surface area contributed by atoms with Gasteiger partial charge in [0.1, 0.15) is 6.10 Å². The summed E-state index contributed by atoms with van der Waals surface area (Å²) in [7, 11) is 0. The van der Waals surface area contributed by atoms with Gasteiger partial charge in [0.15, 0.2) is 0 Å². The van der Waals surface area contributed by atoms with Crippen LogP contribution < -0.4 is 0 Å². The zero-order valence-electron chi connectivity index (χ0n) is 23.5. The van der Waals surface area contributed by atoms with Crippen LogP contribution in [0.1, 0.15) is 28.4 Å². The molecular weight excluding hydrogens is 573 g/mol. The number of benzene rings is 5. The Morgan fingerprint density at radius 3 is 1.65 bits per heavy atom. The molecule has 214 valence electrons. The molecule has 0 bridgehead atoms. The van der Waals surface area contributed by atoms with E-state index in [1.54, 1.807) is 42.7 Å². The third-order valence-corrected chi connectivity index (χ3v) is 7.43. The highest BCUT2D eigenvalue weighted by atomic mass is 35.5. The van der Waals surface area contributed by atoms with Gasteiger partial charge in [0.25, 0.3) is 0 Å². The van der Waals surface area contributed by atoms with Gasteiger partial charge >= 0.3 is 0 Å². The molecule has 0 radical (unpaired) electrons. The summed E-state index contributed by atoms with van der Waals surface area (Å²) in [6.07, 6.45) is 2.48. The predicted molar refractivity (Wildman–Crippen MR) is 177 cm³/mol. The zero-order chi connectivity index (χ0) is 29.9. The van der Waals surface area contributed by atoms with Crippen LogP contribution in [0.2, 0.25) is 10.0 Å². The number of halogens is 2. The Morgan fingerprint density at radius 1 is 0.581 bits per heavy atom. The van der Waals surface area contributed by atoms with Crippen LogP contribution in [0.4, 0.5) is 0 Å². The van der Waals surface area contributed by atoms with Crippen LogP contribution in [0.5, 0.6) is 0 Å². The minimum atomic E-state index is -0.779. The minimum Gasteiger partial charge on any atom is -0.384 e. The highest BCUT2D eigenvalue weighted by molar-refractivity contribution is 6.35. The van der Waals surface area contributed by atoms with E-state index in [0.717, 1.165) is 0 Å². The zero-order valence-corrected chi connectivity index (χ0v) is 25.0. The summed E-state index contributed by atoms with van der Waals surface area (Å²) in [6.45, 7) is 1.21. The molecule has 6 rings (SSSR count). The lowest BCUT2D eigenvalue weighted by Crippen LogP contribution is -2.00. The van der Waals surface area contributed by atoms with Crippen molar-refractivity contribution in [3.63, 3.8) is 0 Å². The summed E-state index contributed by atoms with van der Waals surface area (Å²) in [5.41, 5.74) is 8.62. The molecule has 0 spiro atoms. The van der Waals surface area contributed by atoms with Gasteiger partial charge in [0, 0.05) is 33.6 Å². The fraction of sp³-hybridized carbons (Fsp3) is 0.0789. The Kier molecular flexibility index (Phi) is 10.7. The molecule has 3 nitrogen and oxygen atoms in total. The van der Waals surface area contributed by atoms with Gasteiger partial charge in [-0.3, -0.25) is 4.98 Å². The minimum absolute atomic E-state index is 0.448. The maximum absolute atomic E-state index is 10.1. The van der Waals surface area contributed by atoms with Crippen molar-refractivity contribution < 1.29 is 9.84 Å². The van der Waals surface area contributed by atoms with Crippen molar-refractivity contribution in [2.45, 2.75) is 19.3 Å². The highest BCUT2D eigenvalue weighted by Crippen LogP contribution is 2.30. The molecule has 0 aliphatic heterocycles. The van der Waals surface area contributed by atoms with Crippen molar-refractivity contribution in [3.05, 3.63) is 184 Å². The van der Waals surface area contributed by atoms with Crippen LogP contribution in [-0.2, 0) is 18.0 Å². The lowest BCUT2D eigenvalue weighted by Gasteiger charge is -2.12. The SMILES string of the molecule is OC(c1cccnc1)c1ccc(Cl)cc1Cl.c1ccc(-c2cccc(COCc3cccc(-c4ccccc4)c3)c2)cc1. The molecule has 1 N–H and O–H groups in total. The number of hydrogen-bond acceptors (Lipinski definition) is 3. The normalized spacial score (nSPS) is 11.3. The molecule has 0 fully saturated rings. The second-order valence-corrected chi connectivity index (χ2v) is 10.8. The van der Waals surface area contributed by atoms with Gasteiger partial charge in [0.05, 0.1) is 13.2 Å². The van der Waals surface area contributed by atoms with Gasteiger partial charge in [-0.2, -0.15) is 0 Å². The second kappa shape index (κ2) is 15.3. The van der Waals surface area contributed by atoms with Gasteiger partial charge in [0.2, 0.25) is 0 Å². The standard InChI is InChI=1S/C26H22O.C12H9Cl2NO/c1-3-11-23(12-4-1)25-15-7-9-21(17-25)19-27-20-22-10-8-16-26(18-22)24-13-5-2-6-14-24;13-9-3-4-10(11(14)6-9)12(16)8-2-1-5-15-7-8/h1-18H,19-20H2;1-7,12,16H. The summed E-state index contributed by atoms with van der Waals surface area (Å²) in [6, 6.07) is 46.6. The summed E-state index contributed by atoms with van der Waals surface area (Å²) in [5.74, 6) is 0. The molecule has 0 saturated carbocycles. The van der Waals surface area contributed by atoms with Crippen LogP contribution in [0, 0.1) is 0 Å². The van der Waals surface area contributed by atoms with Crippen molar-refractivity contribution in [2.75, 3.05) is 0 Å². The van der Waals surface area contributed by atoms with E-state index >= 15 is 0 Å². The first kappa shape index (κ1) is 30.2. The summed E-state index contributed by atoms with van der Waals surface area (Å²) >= 11 is 11.8. The number of nitrogens with zero attached hydrogens (tertiary/aromatic N) is 1. The van der Waals surface area contributed by atoms with Gasteiger partial charge in [-0.15, -0.1) is 0 Å². The first-order chi connectivity index (χ1) is 21.1. The van der Waals surface area contributed by atoms with Crippen molar-refractivity contribution in [3.8, 4) is 22.3 Å². The third-order valence-electron chi connectivity index (χ3n) is 6.86. The Bertz CT molecular complexity index is 1650. The first-order valence-corrected chi connectivity index (χ1v) is 14.7. The van der Waals surface area contributed by atoms with Crippen LogP contribution in [0.3, 0.4) is 0 Å². The summed E-state index contributed by atoms with van der Waals surface area (Å²) < 4.78 is 5.99. The highest BCUT2D eigenvalue weighted by Gasteiger charge is 2.14. The fourth-order valence-corrected chi connectivity index (χ4v) is 5.18. The van der Waals surface area contributed by atoms with E-state index in [-0.39, 0.29) is 0 Å². The predicted octanol–water partition coefficient (Wildman–Crippen LogP) is 10.2. The Hall–Kier alpha value is -4.25. The van der Waals surface area contributed by atoms with Gasteiger partial charge < -0.3 is 9.84 Å². The van der Waals surface area contributed by atoms with Crippen LogP contribution in [-0.4, -0.2) is 10.1 Å². The molecule has 5 aromatic carbocycles. The number of pyridine rings is 1. The van der Waals surface area contributed by atoms with E-state index in [4.69, 9.17) is 27.9 Å². The van der Waals surface area contributed by atoms with Crippen molar-refractivity contribution in [1.29, 1.82) is 0 Å². The van der Waals surface area contributed by atoms with Crippen molar-refractivity contribution >= 4 is 23.2 Å². The molecule has 1 heterocycles. The average Bonchev–Trinajstić information content (AvgIpc) is 3.06. The maximum Gasteiger partial charge on any atom is 0.107 e.